The molecule has 3 aromatic carbocycles. The number of halogens is 3. The summed E-state index contributed by atoms with van der Waals surface area (Å²) in [5.41, 5.74) is 0.724. The summed E-state index contributed by atoms with van der Waals surface area (Å²) in [6.45, 7) is 1.69. The largest absolute Gasteiger partial charge is 0.573 e. The first-order valence-electron chi connectivity index (χ1n) is 9.51. The van der Waals surface area contributed by atoms with Crippen LogP contribution in [-0.2, 0) is 10.0 Å². The second-order valence-corrected chi connectivity index (χ2v) is 8.67. The third kappa shape index (κ3) is 4.82. The van der Waals surface area contributed by atoms with Gasteiger partial charge in [-0.3, -0.25) is 14.1 Å². The van der Waals surface area contributed by atoms with Crippen molar-refractivity contribution in [1.29, 1.82) is 0 Å². The third-order valence-corrected chi connectivity index (χ3v) is 6.07. The lowest BCUT2D eigenvalue weighted by Crippen LogP contribution is -2.22. The molecule has 33 heavy (non-hydrogen) atoms. The van der Waals surface area contributed by atoms with E-state index >= 15 is 0 Å². The van der Waals surface area contributed by atoms with Crippen molar-refractivity contribution in [2.24, 2.45) is 0 Å². The summed E-state index contributed by atoms with van der Waals surface area (Å²) in [6.07, 6.45) is -4.89. The predicted octanol–water partition coefficient (Wildman–Crippen LogP) is 4.39. The van der Waals surface area contributed by atoms with Gasteiger partial charge in [0, 0.05) is 5.69 Å². The predicted molar refractivity (Wildman–Crippen MR) is 116 cm³/mol. The van der Waals surface area contributed by atoms with E-state index in [0.29, 0.717) is 17.0 Å². The first-order chi connectivity index (χ1) is 15.5. The smallest absolute Gasteiger partial charge is 0.406 e. The average molecular weight is 475 g/mol. The highest BCUT2D eigenvalue weighted by atomic mass is 32.2. The molecule has 0 fully saturated rings. The molecular weight excluding hydrogens is 459 g/mol. The Hall–Kier alpha value is -3.86. The van der Waals surface area contributed by atoms with Crippen LogP contribution < -0.4 is 15.0 Å². The minimum absolute atomic E-state index is 0.0977. The minimum Gasteiger partial charge on any atom is -0.406 e. The molecule has 0 saturated heterocycles. The number of nitrogens with zero attached hydrogens (tertiary/aromatic N) is 2. The van der Waals surface area contributed by atoms with Crippen LogP contribution in [0.5, 0.6) is 5.75 Å². The quantitative estimate of drug-likeness (QED) is 0.462. The normalized spacial score (nSPS) is 12.0. The van der Waals surface area contributed by atoms with Crippen LogP contribution >= 0.6 is 0 Å². The van der Waals surface area contributed by atoms with Gasteiger partial charge in [-0.15, -0.1) is 13.2 Å². The number of hydrogen-bond acceptors (Lipinski definition) is 5. The summed E-state index contributed by atoms with van der Waals surface area (Å²) in [4.78, 5) is 17.3. The summed E-state index contributed by atoms with van der Waals surface area (Å²) >= 11 is 0. The number of sulfonamides is 1. The fourth-order valence-electron chi connectivity index (χ4n) is 3.28. The molecule has 0 aliphatic carbocycles. The molecular formula is C22H16F3N3O4S. The molecule has 0 aliphatic rings. The SMILES string of the molecule is Cc1nc2ccc(NS(=O)(=O)c3ccc(OC(F)(F)F)cc3)cc2c(=O)n1-c1ccccc1. The number of benzene rings is 3. The van der Waals surface area contributed by atoms with Crippen molar-refractivity contribution in [3.05, 3.63) is 89.0 Å². The minimum atomic E-state index is -4.89. The highest BCUT2D eigenvalue weighted by molar-refractivity contribution is 7.92. The van der Waals surface area contributed by atoms with Crippen LogP contribution in [0.25, 0.3) is 16.6 Å². The van der Waals surface area contributed by atoms with Crippen molar-refractivity contribution in [1.82, 2.24) is 9.55 Å². The van der Waals surface area contributed by atoms with E-state index < -0.39 is 22.1 Å². The van der Waals surface area contributed by atoms with Gasteiger partial charge in [0.05, 0.1) is 21.5 Å². The maximum absolute atomic E-state index is 13.1. The van der Waals surface area contributed by atoms with Gasteiger partial charge in [0.1, 0.15) is 11.6 Å². The van der Waals surface area contributed by atoms with E-state index in [2.05, 4.69) is 14.4 Å². The summed E-state index contributed by atoms with van der Waals surface area (Å²) < 4.78 is 69.8. The molecule has 0 amide bonds. The zero-order chi connectivity index (χ0) is 23.8. The standard InChI is InChI=1S/C22H16F3N3O4S/c1-14-26-20-12-7-15(13-19(20)21(29)28(14)16-5-3-2-4-6-16)27-33(30,31)18-10-8-17(9-11-18)32-22(23,24)25/h2-13,27H,1H3. The Balaban J connectivity index is 1.68. The topological polar surface area (TPSA) is 90.3 Å². The van der Waals surface area contributed by atoms with Crippen LogP contribution in [0.2, 0.25) is 0 Å². The van der Waals surface area contributed by atoms with Crippen LogP contribution in [0, 0.1) is 6.92 Å². The number of aryl methyl sites for hydroxylation is 1. The Morgan fingerprint density at radius 3 is 2.27 bits per heavy atom. The Kier molecular flexibility index (Phi) is 5.58. The lowest BCUT2D eigenvalue weighted by Gasteiger charge is -2.13. The molecule has 0 atom stereocenters. The van der Waals surface area contributed by atoms with E-state index in [1.165, 1.54) is 22.8 Å². The second kappa shape index (κ2) is 8.24. The van der Waals surface area contributed by atoms with E-state index in [4.69, 9.17) is 0 Å². The number of para-hydroxylation sites is 1. The first-order valence-corrected chi connectivity index (χ1v) is 11.0. The van der Waals surface area contributed by atoms with Gasteiger partial charge in [0.15, 0.2) is 0 Å². The van der Waals surface area contributed by atoms with Gasteiger partial charge >= 0.3 is 6.36 Å². The van der Waals surface area contributed by atoms with E-state index in [0.717, 1.165) is 24.3 Å². The van der Waals surface area contributed by atoms with E-state index in [9.17, 15) is 26.4 Å². The molecule has 1 N–H and O–H groups in total. The summed E-state index contributed by atoms with van der Waals surface area (Å²) in [5, 5.41) is 0.193. The number of anilines is 1. The molecule has 0 bridgehead atoms. The highest BCUT2D eigenvalue weighted by Crippen LogP contribution is 2.25. The molecule has 1 aromatic heterocycles. The Bertz CT molecular complexity index is 1480. The van der Waals surface area contributed by atoms with Crippen molar-refractivity contribution in [3.63, 3.8) is 0 Å². The molecule has 7 nitrogen and oxygen atoms in total. The molecule has 4 rings (SSSR count). The number of hydrogen-bond donors (Lipinski definition) is 1. The molecule has 0 radical (unpaired) electrons. The van der Waals surface area contributed by atoms with Gasteiger partial charge in [0.2, 0.25) is 0 Å². The average Bonchev–Trinajstić information content (AvgIpc) is 2.74. The fraction of sp³-hybridized carbons (Fsp3) is 0.0909. The van der Waals surface area contributed by atoms with Crippen molar-refractivity contribution in [2.75, 3.05) is 4.72 Å². The number of aromatic nitrogens is 2. The Morgan fingerprint density at radius 2 is 1.64 bits per heavy atom. The first kappa shape index (κ1) is 22.3. The monoisotopic (exact) mass is 475 g/mol. The molecule has 0 saturated carbocycles. The van der Waals surface area contributed by atoms with Crippen molar-refractivity contribution >= 4 is 26.6 Å². The molecule has 0 spiro atoms. The summed E-state index contributed by atoms with van der Waals surface area (Å²) in [6, 6.07) is 17.0. The number of rotatable bonds is 5. The molecule has 11 heteroatoms. The van der Waals surface area contributed by atoms with Gasteiger partial charge in [0.25, 0.3) is 15.6 Å². The Morgan fingerprint density at radius 1 is 0.970 bits per heavy atom. The number of ether oxygens (including phenoxy) is 1. The highest BCUT2D eigenvalue weighted by Gasteiger charge is 2.31. The molecule has 1 heterocycles. The lowest BCUT2D eigenvalue weighted by molar-refractivity contribution is -0.274. The number of alkyl halides is 3. The van der Waals surface area contributed by atoms with Crippen LogP contribution in [0.3, 0.4) is 0 Å². The summed E-state index contributed by atoms with van der Waals surface area (Å²) in [7, 11) is -4.14. The number of nitrogens with one attached hydrogen (secondary N) is 1. The van der Waals surface area contributed by atoms with Crippen molar-refractivity contribution < 1.29 is 26.3 Å². The maximum atomic E-state index is 13.1. The molecule has 0 aliphatic heterocycles. The molecule has 0 unspecified atom stereocenters. The third-order valence-electron chi connectivity index (χ3n) is 4.67. The van der Waals surface area contributed by atoms with Gasteiger partial charge < -0.3 is 4.74 Å². The van der Waals surface area contributed by atoms with Crippen molar-refractivity contribution in [3.8, 4) is 11.4 Å². The maximum Gasteiger partial charge on any atom is 0.573 e. The van der Waals surface area contributed by atoms with Gasteiger partial charge in [-0.1, -0.05) is 18.2 Å². The molecule has 170 valence electrons. The van der Waals surface area contributed by atoms with Gasteiger partial charge in [-0.05, 0) is 61.5 Å². The van der Waals surface area contributed by atoms with E-state index in [-0.39, 0.29) is 21.5 Å². The van der Waals surface area contributed by atoms with Crippen LogP contribution in [0.1, 0.15) is 5.82 Å². The van der Waals surface area contributed by atoms with E-state index in [1.54, 1.807) is 31.2 Å². The van der Waals surface area contributed by atoms with Crippen LogP contribution in [-0.4, -0.2) is 24.3 Å². The fourth-order valence-corrected chi connectivity index (χ4v) is 4.33. The zero-order valence-electron chi connectivity index (χ0n) is 17.0. The second-order valence-electron chi connectivity index (χ2n) is 6.99. The number of fused-ring (bicyclic) bond motifs is 1. The lowest BCUT2D eigenvalue weighted by atomic mass is 10.2. The van der Waals surface area contributed by atoms with Crippen molar-refractivity contribution in [2.45, 2.75) is 18.2 Å². The summed E-state index contributed by atoms with van der Waals surface area (Å²) in [5.74, 6) is -0.0803. The van der Waals surface area contributed by atoms with Crippen LogP contribution in [0.15, 0.2) is 82.5 Å². The van der Waals surface area contributed by atoms with Gasteiger partial charge in [-0.2, -0.15) is 0 Å². The molecule has 4 aromatic rings. The zero-order valence-corrected chi connectivity index (χ0v) is 17.8. The van der Waals surface area contributed by atoms with Crippen LogP contribution in [0.4, 0.5) is 18.9 Å². The van der Waals surface area contributed by atoms with Gasteiger partial charge in [-0.25, -0.2) is 13.4 Å². The van der Waals surface area contributed by atoms with E-state index in [1.807, 2.05) is 6.07 Å². The Labute approximate surface area is 186 Å².